The van der Waals surface area contributed by atoms with Gasteiger partial charge in [0.2, 0.25) is 5.88 Å². The van der Waals surface area contributed by atoms with E-state index in [-0.39, 0.29) is 5.75 Å². The van der Waals surface area contributed by atoms with Crippen LogP contribution in [0.1, 0.15) is 38.2 Å². The lowest BCUT2D eigenvalue weighted by molar-refractivity contribution is 0.300. The second kappa shape index (κ2) is 9.91. The second-order valence-electron chi connectivity index (χ2n) is 8.39. The Bertz CT molecular complexity index is 1000. The van der Waals surface area contributed by atoms with Crippen molar-refractivity contribution < 1.29 is 9.84 Å². The third-order valence-corrected chi connectivity index (χ3v) is 6.13. The first kappa shape index (κ1) is 22.0. The van der Waals surface area contributed by atoms with E-state index in [2.05, 4.69) is 20.4 Å². The zero-order valence-electron chi connectivity index (χ0n) is 18.5. The summed E-state index contributed by atoms with van der Waals surface area (Å²) in [5.74, 6) is 1.22. The molecule has 170 valence electrons. The van der Waals surface area contributed by atoms with E-state index >= 15 is 0 Å². The maximum absolute atomic E-state index is 10.6. The largest absolute Gasteiger partial charge is 0.507 e. The maximum Gasteiger partial charge on any atom is 0.233 e. The van der Waals surface area contributed by atoms with Crippen LogP contribution in [0.2, 0.25) is 0 Å². The van der Waals surface area contributed by atoms with Gasteiger partial charge in [0.05, 0.1) is 18.6 Å². The molecule has 0 radical (unpaired) electrons. The van der Waals surface area contributed by atoms with Gasteiger partial charge in [0.15, 0.2) is 0 Å². The molecule has 1 aromatic carbocycles. The van der Waals surface area contributed by atoms with Crippen molar-refractivity contribution >= 4 is 5.70 Å². The summed E-state index contributed by atoms with van der Waals surface area (Å²) in [7, 11) is 0. The Morgan fingerprint density at radius 1 is 1.19 bits per heavy atom. The van der Waals surface area contributed by atoms with Crippen LogP contribution >= 0.6 is 0 Å². The molecular weight excluding hydrogens is 404 g/mol. The summed E-state index contributed by atoms with van der Waals surface area (Å²) in [5.41, 5.74) is 15.1. The normalized spacial score (nSPS) is 19.8. The number of nitrogens with zero attached hydrogens (tertiary/aromatic N) is 3. The van der Waals surface area contributed by atoms with Crippen LogP contribution in [0.4, 0.5) is 0 Å². The highest BCUT2D eigenvalue weighted by Crippen LogP contribution is 2.30. The highest BCUT2D eigenvalue weighted by Gasteiger charge is 2.27. The molecule has 1 saturated heterocycles. The number of benzene rings is 1. The van der Waals surface area contributed by atoms with E-state index in [0.717, 1.165) is 30.6 Å². The molecule has 6 N–H and O–H groups in total. The minimum Gasteiger partial charge on any atom is -0.507 e. The van der Waals surface area contributed by atoms with Gasteiger partial charge in [0, 0.05) is 48.1 Å². The first-order valence-corrected chi connectivity index (χ1v) is 11.3. The van der Waals surface area contributed by atoms with Crippen LogP contribution in [0.15, 0.2) is 48.4 Å². The van der Waals surface area contributed by atoms with Crippen LogP contribution in [-0.2, 0) is 0 Å². The predicted molar refractivity (Wildman–Crippen MR) is 125 cm³/mol. The molecule has 2 aliphatic rings. The third-order valence-electron chi connectivity index (χ3n) is 6.13. The van der Waals surface area contributed by atoms with Gasteiger partial charge in [-0.05, 0) is 56.0 Å². The van der Waals surface area contributed by atoms with Gasteiger partial charge in [-0.25, -0.2) is 0 Å². The molecule has 8 heteroatoms. The molecule has 1 saturated carbocycles. The number of allylic oxidation sites excluding steroid dienone is 2. The fourth-order valence-corrected chi connectivity index (χ4v) is 4.09. The highest BCUT2D eigenvalue weighted by molar-refractivity contribution is 5.74. The first-order valence-electron chi connectivity index (χ1n) is 11.3. The molecule has 1 aliphatic heterocycles. The lowest BCUT2D eigenvalue weighted by Crippen LogP contribution is -2.43. The van der Waals surface area contributed by atoms with E-state index < -0.39 is 0 Å². The number of nitrogens with two attached hydrogens (primary N) is 2. The van der Waals surface area contributed by atoms with E-state index in [4.69, 9.17) is 16.2 Å². The molecular formula is C24H32N6O2. The molecule has 2 fully saturated rings. The molecule has 1 atom stereocenters. The van der Waals surface area contributed by atoms with Gasteiger partial charge in [-0.15, -0.1) is 5.10 Å². The zero-order chi connectivity index (χ0) is 22.5. The van der Waals surface area contributed by atoms with Crippen LogP contribution in [0.3, 0.4) is 0 Å². The second-order valence-corrected chi connectivity index (χ2v) is 8.39. The molecule has 1 aromatic heterocycles. The Hall–Kier alpha value is -3.26. The van der Waals surface area contributed by atoms with E-state index in [1.807, 2.05) is 19.1 Å². The van der Waals surface area contributed by atoms with Crippen molar-refractivity contribution in [2.45, 2.75) is 44.7 Å². The number of nitrogens with one attached hydrogen (secondary N) is 1. The van der Waals surface area contributed by atoms with Gasteiger partial charge in [0.1, 0.15) is 5.75 Å². The molecule has 0 spiro atoms. The number of hydrogen-bond donors (Lipinski definition) is 4. The van der Waals surface area contributed by atoms with E-state index in [1.165, 1.54) is 19.3 Å². The summed E-state index contributed by atoms with van der Waals surface area (Å²) in [6, 6.07) is 8.29. The number of phenols is 1. The highest BCUT2D eigenvalue weighted by atomic mass is 16.5. The number of ether oxygens (including phenoxy) is 1. The first-order chi connectivity index (χ1) is 15.5. The lowest BCUT2D eigenvalue weighted by Gasteiger charge is -2.30. The minimum atomic E-state index is 0.0870. The summed E-state index contributed by atoms with van der Waals surface area (Å²) >= 11 is 0. The maximum atomic E-state index is 10.6. The van der Waals surface area contributed by atoms with Crippen LogP contribution in [-0.4, -0.2) is 52.0 Å². The third kappa shape index (κ3) is 5.13. The lowest BCUT2D eigenvalue weighted by atomic mass is 9.92. The van der Waals surface area contributed by atoms with Gasteiger partial charge < -0.3 is 31.5 Å². The minimum absolute atomic E-state index is 0.0870. The molecule has 1 unspecified atom stereocenters. The number of rotatable bonds is 8. The van der Waals surface area contributed by atoms with Crippen molar-refractivity contribution in [3.63, 3.8) is 0 Å². The van der Waals surface area contributed by atoms with Gasteiger partial charge in [-0.1, -0.05) is 12.5 Å². The van der Waals surface area contributed by atoms with Crippen molar-refractivity contribution in [1.82, 2.24) is 20.4 Å². The van der Waals surface area contributed by atoms with Crippen LogP contribution in [0, 0.1) is 0 Å². The van der Waals surface area contributed by atoms with Crippen LogP contribution in [0.25, 0.3) is 16.8 Å². The number of aromatic hydroxyl groups is 1. The number of phenolic OH excluding ortho intramolecular Hbond substituents is 1. The van der Waals surface area contributed by atoms with Crippen molar-refractivity contribution in [2.24, 2.45) is 11.5 Å². The molecule has 2 aromatic rings. The van der Waals surface area contributed by atoms with E-state index in [0.29, 0.717) is 41.7 Å². The average molecular weight is 437 g/mol. The molecule has 32 heavy (non-hydrogen) atoms. The Morgan fingerprint density at radius 3 is 2.75 bits per heavy atom. The van der Waals surface area contributed by atoms with Crippen LogP contribution in [0.5, 0.6) is 11.6 Å². The summed E-state index contributed by atoms with van der Waals surface area (Å²) in [6.45, 7) is 4.25. The summed E-state index contributed by atoms with van der Waals surface area (Å²) in [6.07, 6.45) is 10.2. The quantitative estimate of drug-likeness (QED) is 0.466. The average Bonchev–Trinajstić information content (AvgIpc) is 3.24. The molecule has 0 bridgehead atoms. The monoisotopic (exact) mass is 436 g/mol. The summed E-state index contributed by atoms with van der Waals surface area (Å²) < 4.78 is 5.40. The van der Waals surface area contributed by atoms with Gasteiger partial charge >= 0.3 is 0 Å². The predicted octanol–water partition coefficient (Wildman–Crippen LogP) is 2.56. The fraction of sp³-hybridized carbons (Fsp3) is 0.417. The van der Waals surface area contributed by atoms with Crippen LogP contribution < -0.4 is 21.5 Å². The standard InChI is InChI=1S/C24H32N6O2/c1-2-32-24-13-17(14-27-29-24)16-6-7-20(22(31)12-16)21(25)8-9-23(26)30-11-10-19(15-30)28-18-4-3-5-18/h6-9,12-14,18-19,28,31H,2-5,10-11,15,25-26H2,1H3/b21-8-,23-9+. The SMILES string of the molecule is CCOc1cc(-c2ccc(/C(N)=C/C=C(\N)N3CCC(NC4CCC4)C3)c(O)c2)cnn1. The molecule has 0 amide bonds. The molecule has 8 nitrogen and oxygen atoms in total. The van der Waals surface area contributed by atoms with Gasteiger partial charge in [0.25, 0.3) is 0 Å². The van der Waals surface area contributed by atoms with E-state index in [1.54, 1.807) is 30.5 Å². The van der Waals surface area contributed by atoms with Crippen molar-refractivity contribution in [3.05, 3.63) is 54.0 Å². The molecule has 2 heterocycles. The van der Waals surface area contributed by atoms with Crippen molar-refractivity contribution in [2.75, 3.05) is 19.7 Å². The zero-order valence-corrected chi connectivity index (χ0v) is 18.5. The van der Waals surface area contributed by atoms with E-state index in [9.17, 15) is 5.11 Å². The number of hydrogen-bond acceptors (Lipinski definition) is 8. The Kier molecular flexibility index (Phi) is 6.80. The molecule has 4 rings (SSSR count). The fourth-order valence-electron chi connectivity index (χ4n) is 4.09. The number of aromatic nitrogens is 2. The number of likely N-dealkylation sites (tertiary alicyclic amines) is 1. The van der Waals surface area contributed by atoms with Gasteiger partial charge in [-0.3, -0.25) is 0 Å². The van der Waals surface area contributed by atoms with Crippen molar-refractivity contribution in [3.8, 4) is 22.8 Å². The Balaban J connectivity index is 1.42. The van der Waals surface area contributed by atoms with Crippen molar-refractivity contribution in [1.29, 1.82) is 0 Å². The molecule has 1 aliphatic carbocycles. The van der Waals surface area contributed by atoms with Gasteiger partial charge in [-0.2, -0.15) is 5.10 Å². The Morgan fingerprint density at radius 2 is 2.03 bits per heavy atom. The summed E-state index contributed by atoms with van der Waals surface area (Å²) in [4.78, 5) is 2.18. The Labute approximate surface area is 189 Å². The topological polar surface area (TPSA) is 123 Å². The smallest absolute Gasteiger partial charge is 0.233 e. The summed E-state index contributed by atoms with van der Waals surface area (Å²) in [5, 5.41) is 22.2.